The van der Waals surface area contributed by atoms with E-state index in [9.17, 15) is 0 Å². The molecule has 4 aliphatic carbocycles. The molecule has 158 valence electrons. The molecular formula is C27H50. The zero-order valence-corrected chi connectivity index (χ0v) is 19.2. The molecule has 0 aliphatic heterocycles. The first kappa shape index (κ1) is 21.7. The van der Waals surface area contributed by atoms with E-state index in [4.69, 9.17) is 0 Å². The van der Waals surface area contributed by atoms with Crippen molar-refractivity contribution in [3.05, 3.63) is 0 Å². The molecule has 0 heterocycles. The van der Waals surface area contributed by atoms with Gasteiger partial charge in [0, 0.05) is 0 Å². The smallest absolute Gasteiger partial charge is 0.0324 e. The first-order valence-electron chi connectivity index (χ1n) is 13.1. The van der Waals surface area contributed by atoms with E-state index in [-0.39, 0.29) is 0 Å². The van der Waals surface area contributed by atoms with E-state index >= 15 is 0 Å². The lowest BCUT2D eigenvalue weighted by molar-refractivity contribution is 0.0160. The predicted molar refractivity (Wildman–Crippen MR) is 120 cm³/mol. The lowest BCUT2D eigenvalue weighted by Crippen LogP contribution is -2.40. The van der Waals surface area contributed by atoms with Crippen LogP contribution in [0.15, 0.2) is 0 Å². The van der Waals surface area contributed by atoms with Gasteiger partial charge in [0.1, 0.15) is 0 Å². The minimum atomic E-state index is 1.02. The largest absolute Gasteiger partial charge is 0.0654 e. The number of unbranched alkanes of at least 4 members (excludes halogenated alkanes) is 1. The zero-order chi connectivity index (χ0) is 19.2. The second-order valence-corrected chi connectivity index (χ2v) is 11.4. The molecular weight excluding hydrogens is 324 g/mol. The third kappa shape index (κ3) is 5.76. The Labute approximate surface area is 171 Å². The molecule has 0 saturated heterocycles. The van der Waals surface area contributed by atoms with Crippen LogP contribution in [0.4, 0.5) is 0 Å². The van der Waals surface area contributed by atoms with E-state index in [2.05, 4.69) is 27.7 Å². The van der Waals surface area contributed by atoms with Gasteiger partial charge in [-0.05, 0) is 66.6 Å². The predicted octanol–water partition coefficient (Wildman–Crippen LogP) is 8.89. The molecule has 0 aromatic carbocycles. The highest BCUT2D eigenvalue weighted by molar-refractivity contribution is 4.97. The van der Waals surface area contributed by atoms with Crippen LogP contribution < -0.4 is 0 Å². The molecule has 0 aromatic rings. The monoisotopic (exact) mass is 374 g/mol. The Balaban J connectivity index is 0.000000221. The summed E-state index contributed by atoms with van der Waals surface area (Å²) in [6.07, 6.45) is 22.8. The maximum Gasteiger partial charge on any atom is -0.0324 e. The van der Waals surface area contributed by atoms with Crippen molar-refractivity contribution < 1.29 is 0 Å². The third-order valence-electron chi connectivity index (χ3n) is 9.25. The summed E-state index contributed by atoms with van der Waals surface area (Å²) in [5.74, 6) is 8.66. The standard InChI is InChI=1S/C19H34.C8H16/c1-3-4-11-17-14(2)13-16-10-7-12-18(16)19(17)15-8-5-6-9-15;1-7-3-5-8(2)6-4-7/h14-19H,3-13H2,1-2H3;7-8H,3-6H2,1-2H3. The van der Waals surface area contributed by atoms with E-state index in [1.807, 2.05) is 0 Å². The van der Waals surface area contributed by atoms with Crippen molar-refractivity contribution in [2.45, 2.75) is 124 Å². The van der Waals surface area contributed by atoms with Crippen molar-refractivity contribution in [1.82, 2.24) is 0 Å². The van der Waals surface area contributed by atoms with Gasteiger partial charge in [-0.1, -0.05) is 105 Å². The molecule has 4 saturated carbocycles. The van der Waals surface area contributed by atoms with Crippen LogP contribution in [0.2, 0.25) is 0 Å². The van der Waals surface area contributed by atoms with Gasteiger partial charge in [-0.15, -0.1) is 0 Å². The van der Waals surface area contributed by atoms with Crippen LogP contribution in [0.5, 0.6) is 0 Å². The Morgan fingerprint density at radius 1 is 0.667 bits per heavy atom. The Kier molecular flexibility index (Phi) is 8.59. The molecule has 4 rings (SSSR count). The van der Waals surface area contributed by atoms with Gasteiger partial charge in [-0.3, -0.25) is 0 Å². The highest BCUT2D eigenvalue weighted by atomic mass is 14.5. The van der Waals surface area contributed by atoms with Gasteiger partial charge in [0.2, 0.25) is 0 Å². The third-order valence-corrected chi connectivity index (χ3v) is 9.25. The molecule has 5 unspecified atom stereocenters. The van der Waals surface area contributed by atoms with Crippen LogP contribution in [0.1, 0.15) is 124 Å². The summed E-state index contributed by atoms with van der Waals surface area (Å²) in [5, 5.41) is 0. The van der Waals surface area contributed by atoms with Crippen molar-refractivity contribution in [1.29, 1.82) is 0 Å². The van der Waals surface area contributed by atoms with Crippen molar-refractivity contribution >= 4 is 0 Å². The zero-order valence-electron chi connectivity index (χ0n) is 19.2. The lowest BCUT2D eigenvalue weighted by atomic mass is 9.58. The van der Waals surface area contributed by atoms with Crippen molar-refractivity contribution in [2.24, 2.45) is 47.3 Å². The molecule has 0 spiro atoms. The van der Waals surface area contributed by atoms with Crippen LogP contribution in [-0.2, 0) is 0 Å². The second-order valence-electron chi connectivity index (χ2n) is 11.4. The first-order chi connectivity index (χ1) is 13.1. The molecule has 0 aromatic heterocycles. The second kappa shape index (κ2) is 10.7. The normalized spacial score (nSPS) is 42.4. The van der Waals surface area contributed by atoms with E-state index < -0.39 is 0 Å². The number of hydrogen-bond donors (Lipinski definition) is 0. The van der Waals surface area contributed by atoms with Gasteiger partial charge in [0.05, 0.1) is 0 Å². The lowest BCUT2D eigenvalue weighted by Gasteiger charge is -2.47. The topological polar surface area (TPSA) is 0 Å². The highest BCUT2D eigenvalue weighted by Gasteiger charge is 2.47. The van der Waals surface area contributed by atoms with Crippen LogP contribution in [0.3, 0.4) is 0 Å². The Bertz CT molecular complexity index is 388. The number of rotatable bonds is 4. The summed E-state index contributed by atoms with van der Waals surface area (Å²) in [5.41, 5.74) is 0. The van der Waals surface area contributed by atoms with Crippen molar-refractivity contribution in [3.63, 3.8) is 0 Å². The molecule has 0 amide bonds. The molecule has 0 bridgehead atoms. The maximum absolute atomic E-state index is 2.59. The summed E-state index contributed by atoms with van der Waals surface area (Å²) in [7, 11) is 0. The molecule has 4 aliphatic rings. The average molecular weight is 375 g/mol. The summed E-state index contributed by atoms with van der Waals surface area (Å²) in [6.45, 7) is 9.70. The van der Waals surface area contributed by atoms with Gasteiger partial charge in [0.25, 0.3) is 0 Å². The molecule has 4 fully saturated rings. The quantitative estimate of drug-likeness (QED) is 0.461. The number of fused-ring (bicyclic) bond motifs is 1. The molecule has 0 radical (unpaired) electrons. The van der Waals surface area contributed by atoms with E-state index in [1.54, 1.807) is 44.9 Å². The summed E-state index contributed by atoms with van der Waals surface area (Å²) < 4.78 is 0. The first-order valence-corrected chi connectivity index (χ1v) is 13.1. The van der Waals surface area contributed by atoms with Crippen molar-refractivity contribution in [2.75, 3.05) is 0 Å². The van der Waals surface area contributed by atoms with Gasteiger partial charge < -0.3 is 0 Å². The van der Waals surface area contributed by atoms with E-state index in [0.717, 1.165) is 47.3 Å². The average Bonchev–Trinajstić information content (AvgIpc) is 3.34. The highest BCUT2D eigenvalue weighted by Crippen LogP contribution is 2.56. The van der Waals surface area contributed by atoms with Gasteiger partial charge in [-0.2, -0.15) is 0 Å². The SMILES string of the molecule is CC1CCC(C)CC1.CCCCC1C(C)CC2CCCC2C1C1CCCC1. The van der Waals surface area contributed by atoms with Gasteiger partial charge >= 0.3 is 0 Å². The fourth-order valence-electron chi connectivity index (χ4n) is 7.60. The fraction of sp³-hybridized carbons (Fsp3) is 1.00. The molecule has 0 heteroatoms. The minimum absolute atomic E-state index is 1.02. The maximum atomic E-state index is 2.59. The Morgan fingerprint density at radius 2 is 1.26 bits per heavy atom. The van der Waals surface area contributed by atoms with E-state index in [0.29, 0.717) is 0 Å². The molecule has 0 N–H and O–H groups in total. The minimum Gasteiger partial charge on any atom is -0.0654 e. The van der Waals surface area contributed by atoms with E-state index in [1.165, 1.54) is 51.4 Å². The summed E-state index contributed by atoms with van der Waals surface area (Å²) in [6, 6.07) is 0. The fourth-order valence-corrected chi connectivity index (χ4v) is 7.60. The molecule has 5 atom stereocenters. The van der Waals surface area contributed by atoms with Gasteiger partial charge in [0.15, 0.2) is 0 Å². The Hall–Kier alpha value is 0. The summed E-state index contributed by atoms with van der Waals surface area (Å²) in [4.78, 5) is 0. The van der Waals surface area contributed by atoms with Crippen LogP contribution in [-0.4, -0.2) is 0 Å². The van der Waals surface area contributed by atoms with Gasteiger partial charge in [-0.25, -0.2) is 0 Å². The number of hydrogen-bond acceptors (Lipinski definition) is 0. The summed E-state index contributed by atoms with van der Waals surface area (Å²) >= 11 is 0. The molecule has 0 nitrogen and oxygen atoms in total. The van der Waals surface area contributed by atoms with Crippen molar-refractivity contribution in [3.8, 4) is 0 Å². The van der Waals surface area contributed by atoms with Crippen LogP contribution >= 0.6 is 0 Å². The van der Waals surface area contributed by atoms with Crippen LogP contribution in [0.25, 0.3) is 0 Å². The Morgan fingerprint density at radius 3 is 1.85 bits per heavy atom. The molecule has 27 heavy (non-hydrogen) atoms. The van der Waals surface area contributed by atoms with Crippen LogP contribution in [0, 0.1) is 47.3 Å².